The number of anilines is 2. The van der Waals surface area contributed by atoms with E-state index in [1.54, 1.807) is 18.2 Å². The van der Waals surface area contributed by atoms with Crippen molar-refractivity contribution in [2.45, 2.75) is 64.1 Å². The lowest BCUT2D eigenvalue weighted by Crippen LogP contribution is -2.42. The number of amides is 1. The number of nitrogens with one attached hydrogen (secondary N) is 2. The highest BCUT2D eigenvalue weighted by atomic mass is 16.6. The van der Waals surface area contributed by atoms with Crippen molar-refractivity contribution in [3.05, 3.63) is 23.8 Å². The molecule has 7 nitrogen and oxygen atoms in total. The molecule has 0 heterocycles. The molecule has 0 saturated heterocycles. The van der Waals surface area contributed by atoms with Crippen molar-refractivity contribution >= 4 is 23.4 Å². The first-order valence-corrected chi connectivity index (χ1v) is 8.92. The molecule has 0 radical (unpaired) electrons. The summed E-state index contributed by atoms with van der Waals surface area (Å²) in [4.78, 5) is 23.4. The summed E-state index contributed by atoms with van der Waals surface area (Å²) in [5.41, 5.74) is 7.30. The Morgan fingerprint density at radius 3 is 2.27 bits per heavy atom. The number of hydrogen-bond acceptors (Lipinski definition) is 6. The van der Waals surface area contributed by atoms with Gasteiger partial charge in [0, 0.05) is 12.1 Å². The molecule has 1 aromatic carbocycles. The molecule has 26 heavy (non-hydrogen) atoms. The van der Waals surface area contributed by atoms with Crippen LogP contribution in [0.25, 0.3) is 0 Å². The second-order valence-corrected chi connectivity index (χ2v) is 7.63. The Labute approximate surface area is 154 Å². The van der Waals surface area contributed by atoms with Crippen molar-refractivity contribution < 1.29 is 19.1 Å². The van der Waals surface area contributed by atoms with E-state index < -0.39 is 11.6 Å². The van der Waals surface area contributed by atoms with Gasteiger partial charge < -0.3 is 25.8 Å². The monoisotopic (exact) mass is 363 g/mol. The number of carbonyl (C=O) groups is 2. The lowest BCUT2D eigenvalue weighted by atomic mass is 9.91. The smallest absolute Gasteiger partial charge is 0.407 e. The van der Waals surface area contributed by atoms with Gasteiger partial charge in [0.1, 0.15) is 5.60 Å². The third kappa shape index (κ3) is 5.82. The van der Waals surface area contributed by atoms with Gasteiger partial charge in [-0.05, 0) is 64.7 Å². The van der Waals surface area contributed by atoms with Crippen molar-refractivity contribution in [1.29, 1.82) is 0 Å². The van der Waals surface area contributed by atoms with Crippen LogP contribution in [-0.2, 0) is 9.47 Å². The van der Waals surface area contributed by atoms with E-state index in [4.69, 9.17) is 15.2 Å². The van der Waals surface area contributed by atoms with E-state index in [-0.39, 0.29) is 18.2 Å². The average Bonchev–Trinajstić information content (AvgIpc) is 2.56. The van der Waals surface area contributed by atoms with Crippen LogP contribution in [0.4, 0.5) is 16.2 Å². The zero-order valence-corrected chi connectivity index (χ0v) is 15.9. The third-order valence-electron chi connectivity index (χ3n) is 4.28. The summed E-state index contributed by atoms with van der Waals surface area (Å²) in [7, 11) is 1.34. The van der Waals surface area contributed by atoms with E-state index in [2.05, 4.69) is 10.6 Å². The molecule has 7 heteroatoms. The number of esters is 1. The fraction of sp³-hybridized carbons (Fsp3) is 0.579. The highest BCUT2D eigenvalue weighted by molar-refractivity contribution is 5.91. The van der Waals surface area contributed by atoms with E-state index in [1.807, 2.05) is 20.8 Å². The van der Waals surface area contributed by atoms with Gasteiger partial charge in [0.05, 0.1) is 24.0 Å². The molecular weight excluding hydrogens is 334 g/mol. The number of ether oxygens (including phenoxy) is 2. The molecule has 1 aromatic rings. The summed E-state index contributed by atoms with van der Waals surface area (Å²) in [6.07, 6.45) is 3.21. The molecule has 0 aromatic heterocycles. The summed E-state index contributed by atoms with van der Waals surface area (Å²) in [5, 5.41) is 6.36. The molecule has 1 aliphatic rings. The Hall–Kier alpha value is -2.44. The molecule has 1 amide bonds. The van der Waals surface area contributed by atoms with Gasteiger partial charge in [-0.1, -0.05) is 0 Å². The Morgan fingerprint density at radius 1 is 1.12 bits per heavy atom. The fourth-order valence-corrected chi connectivity index (χ4v) is 3.02. The summed E-state index contributed by atoms with van der Waals surface area (Å²) >= 11 is 0. The van der Waals surface area contributed by atoms with Gasteiger partial charge in [0.15, 0.2) is 0 Å². The molecule has 144 valence electrons. The summed E-state index contributed by atoms with van der Waals surface area (Å²) in [6, 6.07) is 5.51. The quantitative estimate of drug-likeness (QED) is 0.560. The first kappa shape index (κ1) is 19.9. The number of methoxy groups -OCH3 is 1. The molecule has 0 aliphatic heterocycles. The van der Waals surface area contributed by atoms with Crippen LogP contribution < -0.4 is 16.4 Å². The van der Waals surface area contributed by atoms with E-state index >= 15 is 0 Å². The topological polar surface area (TPSA) is 103 Å². The minimum absolute atomic E-state index is 0.127. The van der Waals surface area contributed by atoms with Crippen molar-refractivity contribution in [3.63, 3.8) is 0 Å². The van der Waals surface area contributed by atoms with Crippen LogP contribution in [0.1, 0.15) is 56.8 Å². The lowest BCUT2D eigenvalue weighted by Gasteiger charge is -2.31. The summed E-state index contributed by atoms with van der Waals surface area (Å²) < 4.78 is 9.99. The van der Waals surface area contributed by atoms with Crippen molar-refractivity contribution in [3.8, 4) is 0 Å². The minimum atomic E-state index is -0.489. The molecule has 1 fully saturated rings. The number of hydrogen-bond donors (Lipinski definition) is 3. The van der Waals surface area contributed by atoms with Crippen LogP contribution in [0.2, 0.25) is 0 Å². The SMILES string of the molecule is COC(=O)c1ccc(NC2CCC(NC(=O)OC(C)(C)C)CC2)c(N)c1. The number of nitrogens with two attached hydrogens (primary N) is 1. The fourth-order valence-electron chi connectivity index (χ4n) is 3.02. The number of benzene rings is 1. The maximum Gasteiger partial charge on any atom is 0.407 e. The second kappa shape index (κ2) is 8.29. The standard InChI is InChI=1S/C19H29N3O4/c1-19(2,3)26-18(24)22-14-8-6-13(7-9-14)21-16-10-5-12(11-15(16)20)17(23)25-4/h5,10-11,13-14,21H,6-9,20H2,1-4H3,(H,22,24). The first-order chi connectivity index (χ1) is 12.2. The molecule has 0 bridgehead atoms. The molecule has 0 spiro atoms. The molecule has 1 aliphatic carbocycles. The van der Waals surface area contributed by atoms with Crippen molar-refractivity contribution in [1.82, 2.24) is 5.32 Å². The normalized spacial score (nSPS) is 20.2. The van der Waals surface area contributed by atoms with Crippen LogP contribution in [0.5, 0.6) is 0 Å². The van der Waals surface area contributed by atoms with Crippen LogP contribution in [0.15, 0.2) is 18.2 Å². The Morgan fingerprint density at radius 2 is 1.73 bits per heavy atom. The van der Waals surface area contributed by atoms with Crippen LogP contribution >= 0.6 is 0 Å². The highest BCUT2D eigenvalue weighted by Crippen LogP contribution is 2.26. The van der Waals surface area contributed by atoms with Gasteiger partial charge in [0.2, 0.25) is 0 Å². The number of alkyl carbamates (subject to hydrolysis) is 1. The second-order valence-electron chi connectivity index (χ2n) is 7.63. The average molecular weight is 363 g/mol. The van der Waals surface area contributed by atoms with Gasteiger partial charge in [-0.15, -0.1) is 0 Å². The predicted octanol–water partition coefficient (Wildman–Crippen LogP) is 3.30. The lowest BCUT2D eigenvalue weighted by molar-refractivity contribution is 0.0491. The number of carbonyl (C=O) groups excluding carboxylic acids is 2. The summed E-state index contributed by atoms with van der Waals surface area (Å²) in [6.45, 7) is 5.55. The minimum Gasteiger partial charge on any atom is -0.465 e. The zero-order valence-electron chi connectivity index (χ0n) is 15.9. The summed E-state index contributed by atoms with van der Waals surface area (Å²) in [5.74, 6) is -0.406. The van der Waals surface area contributed by atoms with Gasteiger partial charge in [-0.2, -0.15) is 0 Å². The largest absolute Gasteiger partial charge is 0.465 e. The maximum atomic E-state index is 11.9. The van der Waals surface area contributed by atoms with Gasteiger partial charge in [0.25, 0.3) is 0 Å². The third-order valence-corrected chi connectivity index (χ3v) is 4.28. The Kier molecular flexibility index (Phi) is 6.34. The Bertz CT molecular complexity index is 647. The first-order valence-electron chi connectivity index (χ1n) is 8.92. The molecular formula is C19H29N3O4. The van der Waals surface area contributed by atoms with Gasteiger partial charge in [-0.25, -0.2) is 9.59 Å². The maximum absolute atomic E-state index is 11.9. The molecule has 0 unspecified atom stereocenters. The predicted molar refractivity (Wildman–Crippen MR) is 101 cm³/mol. The highest BCUT2D eigenvalue weighted by Gasteiger charge is 2.25. The zero-order chi connectivity index (χ0) is 19.3. The molecule has 1 saturated carbocycles. The van der Waals surface area contributed by atoms with Gasteiger partial charge in [-0.3, -0.25) is 0 Å². The molecule has 0 atom stereocenters. The number of nitrogen functional groups attached to an aromatic ring is 1. The molecule has 2 rings (SSSR count). The van der Waals surface area contributed by atoms with E-state index in [0.29, 0.717) is 11.3 Å². The van der Waals surface area contributed by atoms with Crippen molar-refractivity contribution in [2.24, 2.45) is 0 Å². The van der Waals surface area contributed by atoms with Gasteiger partial charge >= 0.3 is 12.1 Å². The van der Waals surface area contributed by atoms with E-state index in [0.717, 1.165) is 31.4 Å². The molecule has 4 N–H and O–H groups in total. The van der Waals surface area contributed by atoms with E-state index in [1.165, 1.54) is 7.11 Å². The van der Waals surface area contributed by atoms with Crippen molar-refractivity contribution in [2.75, 3.05) is 18.2 Å². The van der Waals surface area contributed by atoms with Crippen LogP contribution in [0.3, 0.4) is 0 Å². The van der Waals surface area contributed by atoms with E-state index in [9.17, 15) is 9.59 Å². The van der Waals surface area contributed by atoms with Crippen LogP contribution in [-0.4, -0.2) is 36.9 Å². The Balaban J connectivity index is 1.83. The van der Waals surface area contributed by atoms with Crippen LogP contribution in [0, 0.1) is 0 Å². The number of rotatable bonds is 4.